The Bertz CT molecular complexity index is 1450. The van der Waals surface area contributed by atoms with Crippen LogP contribution in [0.3, 0.4) is 0 Å². The number of hydrogen-bond donors (Lipinski definition) is 5. The van der Waals surface area contributed by atoms with E-state index in [1.807, 2.05) is 30.3 Å². The molecule has 0 spiro atoms. The summed E-state index contributed by atoms with van der Waals surface area (Å²) in [6.45, 7) is 1.54. The van der Waals surface area contributed by atoms with Crippen LogP contribution in [-0.2, 0) is 4.79 Å². The third-order valence-corrected chi connectivity index (χ3v) is 6.05. The van der Waals surface area contributed by atoms with Crippen LogP contribution in [0, 0.1) is 0 Å². The van der Waals surface area contributed by atoms with Crippen molar-refractivity contribution in [2.24, 2.45) is 4.99 Å². The molecule has 4 aromatic rings. The number of carbonyl (C=O) groups is 2. The Kier molecular flexibility index (Phi) is 7.64. The van der Waals surface area contributed by atoms with E-state index in [1.165, 1.54) is 0 Å². The molecule has 10 heteroatoms. The van der Waals surface area contributed by atoms with E-state index < -0.39 is 12.0 Å². The number of carboxylic acid groups (broad SMARTS) is 1. The lowest BCUT2D eigenvalue weighted by molar-refractivity contribution is -0.137. The van der Waals surface area contributed by atoms with Crippen LogP contribution in [0.1, 0.15) is 28.4 Å². The molecule has 1 atom stereocenters. The first kappa shape index (κ1) is 25.6. The van der Waals surface area contributed by atoms with Crippen molar-refractivity contribution < 1.29 is 19.8 Å². The number of anilines is 2. The number of aliphatic carboxylic acids is 1. The molecule has 3 aromatic carbocycles. The van der Waals surface area contributed by atoms with Gasteiger partial charge in [0, 0.05) is 40.5 Å². The van der Waals surface area contributed by atoms with Crippen LogP contribution in [0.15, 0.2) is 84.0 Å². The number of carboxylic acids is 1. The maximum atomic E-state index is 12.8. The number of rotatable bonds is 7. The monoisotopic (exact) mass is 519 g/mol. The molecule has 1 aliphatic rings. The summed E-state index contributed by atoms with van der Waals surface area (Å²) in [7, 11) is 0. The summed E-state index contributed by atoms with van der Waals surface area (Å²) in [6.07, 6.45) is 1.54. The van der Waals surface area contributed by atoms with Crippen molar-refractivity contribution in [1.82, 2.24) is 9.88 Å². The fourth-order valence-corrected chi connectivity index (χ4v) is 4.27. The van der Waals surface area contributed by atoms with E-state index in [0.717, 1.165) is 29.7 Å². The van der Waals surface area contributed by atoms with Gasteiger partial charge in [-0.1, -0.05) is 36.4 Å². The van der Waals surface area contributed by atoms with Crippen molar-refractivity contribution >= 4 is 52.4 Å². The standard InChI is InChI=1S/C27H25N5O4.ClH/c33-24(34)15-23(17-4-2-1-3-5-17)32-16-19-8-11-21(14-22(19)26(32)36)30-25(35)18-6-9-20(10-7-18)31-27-28-12-13-29-27;/h1-11,14,16,23,36H,12-13,15H2,(H,30,35)(H,33,34)(H2,28,29,31);1H. The molecule has 0 aliphatic carbocycles. The summed E-state index contributed by atoms with van der Waals surface area (Å²) >= 11 is 0. The Morgan fingerprint density at radius 2 is 1.76 bits per heavy atom. The molecule has 5 N–H and O–H groups in total. The van der Waals surface area contributed by atoms with Gasteiger partial charge in [-0.3, -0.25) is 14.6 Å². The number of fused-ring (bicyclic) bond motifs is 1. The zero-order valence-corrected chi connectivity index (χ0v) is 20.5. The number of nitrogens with zero attached hydrogens (tertiary/aromatic N) is 2. The number of amides is 1. The van der Waals surface area contributed by atoms with Gasteiger partial charge >= 0.3 is 5.97 Å². The average Bonchev–Trinajstić information content (AvgIpc) is 3.51. The molecule has 0 fully saturated rings. The van der Waals surface area contributed by atoms with Crippen LogP contribution in [0.2, 0.25) is 0 Å². The van der Waals surface area contributed by atoms with E-state index in [4.69, 9.17) is 0 Å². The van der Waals surface area contributed by atoms with E-state index >= 15 is 0 Å². The fraction of sp³-hybridized carbons (Fsp3) is 0.148. The molecule has 5 rings (SSSR count). The highest BCUT2D eigenvalue weighted by atomic mass is 35.5. The molecule has 0 saturated carbocycles. The number of benzene rings is 3. The second-order valence-electron chi connectivity index (χ2n) is 8.50. The van der Waals surface area contributed by atoms with E-state index in [9.17, 15) is 19.8 Å². The first-order valence-electron chi connectivity index (χ1n) is 11.5. The molecule has 37 heavy (non-hydrogen) atoms. The SMILES string of the molecule is Cl.O=C(O)CC(c1ccccc1)n1cc2ccc(NC(=O)c3ccc(NC4=NCCN4)cc3)cc2c1O. The van der Waals surface area contributed by atoms with Gasteiger partial charge in [0.25, 0.3) is 5.91 Å². The quantitative estimate of drug-likeness (QED) is 0.245. The molecule has 9 nitrogen and oxygen atoms in total. The highest BCUT2D eigenvalue weighted by Gasteiger charge is 2.22. The molecule has 2 heterocycles. The minimum atomic E-state index is -0.970. The molecule has 0 saturated heterocycles. The second kappa shape index (κ2) is 11.0. The summed E-state index contributed by atoms with van der Waals surface area (Å²) in [5.74, 6) is -0.605. The predicted octanol–water partition coefficient (Wildman–Crippen LogP) is 4.46. The van der Waals surface area contributed by atoms with Crippen molar-refractivity contribution in [2.45, 2.75) is 12.5 Å². The van der Waals surface area contributed by atoms with E-state index in [0.29, 0.717) is 22.6 Å². The first-order valence-corrected chi connectivity index (χ1v) is 11.5. The van der Waals surface area contributed by atoms with E-state index in [2.05, 4.69) is 20.9 Å². The van der Waals surface area contributed by atoms with Crippen LogP contribution >= 0.6 is 12.4 Å². The summed E-state index contributed by atoms with van der Waals surface area (Å²) < 4.78 is 1.56. The van der Waals surface area contributed by atoms with Crippen molar-refractivity contribution in [2.75, 3.05) is 23.7 Å². The largest absolute Gasteiger partial charge is 0.494 e. The minimum Gasteiger partial charge on any atom is -0.494 e. The maximum absolute atomic E-state index is 12.8. The molecule has 1 amide bonds. The number of guanidine groups is 1. The third kappa shape index (κ3) is 5.68. The van der Waals surface area contributed by atoms with Gasteiger partial charge in [-0.25, -0.2) is 0 Å². The van der Waals surface area contributed by atoms with E-state index in [-0.39, 0.29) is 30.6 Å². The predicted molar refractivity (Wildman–Crippen MR) is 146 cm³/mol. The number of aromatic nitrogens is 1. The minimum absolute atomic E-state index is 0. The number of aliphatic imine (C=N–C) groups is 1. The van der Waals surface area contributed by atoms with Gasteiger partial charge in [-0.05, 0) is 42.0 Å². The van der Waals surface area contributed by atoms with Crippen LogP contribution in [0.25, 0.3) is 10.8 Å². The second-order valence-corrected chi connectivity index (χ2v) is 8.50. The summed E-state index contributed by atoms with van der Waals surface area (Å²) in [4.78, 5) is 28.6. The Hall–Kier alpha value is -4.50. The molecule has 0 radical (unpaired) electrons. The molecular weight excluding hydrogens is 494 g/mol. The summed E-state index contributed by atoms with van der Waals surface area (Å²) in [5.41, 5.74) is 2.59. The zero-order chi connectivity index (χ0) is 25.1. The number of carbonyl (C=O) groups excluding carboxylic acids is 1. The third-order valence-electron chi connectivity index (χ3n) is 6.05. The van der Waals surface area contributed by atoms with Crippen LogP contribution < -0.4 is 16.0 Å². The molecule has 0 bridgehead atoms. The highest BCUT2D eigenvalue weighted by Crippen LogP contribution is 2.35. The van der Waals surface area contributed by atoms with Crippen LogP contribution in [0.4, 0.5) is 11.4 Å². The smallest absolute Gasteiger partial charge is 0.305 e. The van der Waals surface area contributed by atoms with Crippen molar-refractivity contribution in [3.05, 3.63) is 90.1 Å². The molecule has 1 aromatic heterocycles. The molecule has 1 unspecified atom stereocenters. The number of aromatic hydroxyl groups is 1. The zero-order valence-electron chi connectivity index (χ0n) is 19.7. The van der Waals surface area contributed by atoms with Crippen LogP contribution in [-0.4, -0.2) is 45.7 Å². The Balaban J connectivity index is 0.00000320. The van der Waals surface area contributed by atoms with Gasteiger partial charge in [0.1, 0.15) is 0 Å². The highest BCUT2D eigenvalue weighted by molar-refractivity contribution is 6.06. The number of halogens is 1. The molecular formula is C27H26ClN5O4. The summed E-state index contributed by atoms with van der Waals surface area (Å²) in [5, 5.41) is 30.8. The number of hydrogen-bond acceptors (Lipinski definition) is 6. The van der Waals surface area contributed by atoms with Gasteiger partial charge in [0.15, 0.2) is 11.8 Å². The topological polar surface area (TPSA) is 128 Å². The van der Waals surface area contributed by atoms with Gasteiger partial charge in [-0.2, -0.15) is 0 Å². The lowest BCUT2D eigenvalue weighted by atomic mass is 10.0. The first-order chi connectivity index (χ1) is 17.5. The Labute approximate surface area is 219 Å². The average molecular weight is 520 g/mol. The molecule has 1 aliphatic heterocycles. The number of nitrogens with one attached hydrogen (secondary N) is 3. The van der Waals surface area contributed by atoms with Gasteiger partial charge in [-0.15, -0.1) is 12.4 Å². The van der Waals surface area contributed by atoms with Crippen molar-refractivity contribution in [3.63, 3.8) is 0 Å². The Morgan fingerprint density at radius 1 is 1.03 bits per heavy atom. The lowest BCUT2D eigenvalue weighted by Crippen LogP contribution is -2.26. The normalized spacial score (nSPS) is 13.2. The van der Waals surface area contributed by atoms with Gasteiger partial charge in [0.05, 0.1) is 19.0 Å². The van der Waals surface area contributed by atoms with Crippen molar-refractivity contribution in [3.8, 4) is 5.88 Å². The summed E-state index contributed by atoms with van der Waals surface area (Å²) in [6, 6.07) is 20.9. The lowest BCUT2D eigenvalue weighted by Gasteiger charge is -2.18. The van der Waals surface area contributed by atoms with Crippen molar-refractivity contribution in [1.29, 1.82) is 0 Å². The van der Waals surface area contributed by atoms with Gasteiger partial charge < -0.3 is 30.7 Å². The fourth-order valence-electron chi connectivity index (χ4n) is 4.27. The van der Waals surface area contributed by atoms with Gasteiger partial charge in [0.2, 0.25) is 0 Å². The maximum Gasteiger partial charge on any atom is 0.305 e. The van der Waals surface area contributed by atoms with E-state index in [1.54, 1.807) is 53.2 Å². The molecule has 190 valence electrons. The van der Waals surface area contributed by atoms with Crippen LogP contribution in [0.5, 0.6) is 5.88 Å². The Morgan fingerprint density at radius 3 is 2.43 bits per heavy atom.